The Labute approximate surface area is 244 Å². The lowest BCUT2D eigenvalue weighted by Crippen LogP contribution is -2.41. The average molecular weight is 611 g/mol. The molecule has 2 saturated heterocycles. The molecule has 0 spiro atoms. The number of alkyl halides is 1. The molecule has 5 atom stereocenters. The average Bonchev–Trinajstić information content (AvgIpc) is 3.52. The van der Waals surface area contributed by atoms with Gasteiger partial charge in [-0.1, -0.05) is 44.0 Å². The van der Waals surface area contributed by atoms with E-state index < -0.39 is 50.6 Å². The number of fused-ring (bicyclic) bond motifs is 2. The minimum Gasteiger partial charge on any atom is -0.414 e. The number of Topliss-reactive ketones (excluding diaryl/α,β-unsaturated/α-hetero) is 1. The Morgan fingerprint density at radius 2 is 1.88 bits per heavy atom. The molecule has 0 aliphatic carbocycles. The highest BCUT2D eigenvalue weighted by Gasteiger charge is 2.58. The summed E-state index contributed by atoms with van der Waals surface area (Å²) in [7, 11) is -2.23. The molecule has 12 heteroatoms. The van der Waals surface area contributed by atoms with Crippen LogP contribution in [0.2, 0.25) is 28.3 Å². The highest BCUT2D eigenvalue weighted by Crippen LogP contribution is 2.45. The fourth-order valence-corrected chi connectivity index (χ4v) is 6.28. The van der Waals surface area contributed by atoms with Crippen LogP contribution in [0.5, 0.6) is 0 Å². The molecule has 8 nitrogen and oxygen atoms in total. The molecule has 216 valence electrons. The van der Waals surface area contributed by atoms with Gasteiger partial charge in [0.2, 0.25) is 0 Å². The van der Waals surface area contributed by atoms with E-state index in [0.29, 0.717) is 21.2 Å². The maximum absolute atomic E-state index is 15.8. The van der Waals surface area contributed by atoms with Gasteiger partial charge in [0.1, 0.15) is 35.5 Å². The van der Waals surface area contributed by atoms with Crippen LogP contribution < -0.4 is 0 Å². The largest absolute Gasteiger partial charge is 0.414 e. The number of ketones is 1. The lowest BCUT2D eigenvalue weighted by atomic mass is 9.94. The quantitative estimate of drug-likeness (QED) is 0.161. The highest BCUT2D eigenvalue weighted by molar-refractivity contribution is 6.74. The van der Waals surface area contributed by atoms with Crippen LogP contribution in [0.15, 0.2) is 36.8 Å². The summed E-state index contributed by atoms with van der Waals surface area (Å²) < 4.78 is 42.4. The molecule has 0 radical (unpaired) electrons. The topological polar surface area (TPSA) is 84.7 Å². The number of halogens is 3. The maximum Gasteiger partial charge on any atom is 0.194 e. The molecule has 2 aromatic heterocycles. The molecular weight excluding hydrogens is 576 g/mol. The van der Waals surface area contributed by atoms with Crippen molar-refractivity contribution in [2.45, 2.75) is 89.2 Å². The zero-order valence-electron chi connectivity index (χ0n) is 23.6. The SMILES string of the molecule is CC1(C)O[C@@H]2[C@H](O1)[C@@H](C(=O)c1ccc(Cl)cc1[C@H](F)CO[Si](C)(C)C(C)(C)C)O[C@H]2n1ccc2c(Cl)ncnc21. The Kier molecular flexibility index (Phi) is 7.70. The first kappa shape index (κ1) is 29.6. The molecule has 40 heavy (non-hydrogen) atoms. The molecule has 1 aromatic carbocycles. The maximum atomic E-state index is 15.8. The third kappa shape index (κ3) is 5.35. The first-order valence-corrected chi connectivity index (χ1v) is 16.9. The van der Waals surface area contributed by atoms with Crippen LogP contribution >= 0.6 is 23.2 Å². The second-order valence-corrected chi connectivity index (χ2v) is 17.9. The van der Waals surface area contributed by atoms with Crippen LogP contribution in [0.25, 0.3) is 11.0 Å². The number of ether oxygens (including phenoxy) is 3. The van der Waals surface area contributed by atoms with Crippen LogP contribution in [-0.4, -0.2) is 59.3 Å². The Morgan fingerprint density at radius 1 is 1.18 bits per heavy atom. The second-order valence-electron chi connectivity index (χ2n) is 12.3. The molecule has 5 rings (SSSR count). The number of hydrogen-bond acceptors (Lipinski definition) is 7. The lowest BCUT2D eigenvalue weighted by Gasteiger charge is -2.36. The second kappa shape index (κ2) is 10.4. The molecule has 0 amide bonds. The van der Waals surface area contributed by atoms with Gasteiger partial charge in [0, 0.05) is 22.3 Å². The standard InChI is InChI=1S/C28H34Cl2FN3O5Si/c1-27(2,3)40(6,7)36-13-19(31)18-12-15(29)8-9-16(18)20(35)21-22-23(39-28(4,5)38-22)26(37-21)34-11-10-17-24(30)32-14-33-25(17)34/h8-12,14,19,21-23,26H,13H2,1-7H3/t19-,21-,22-,23-,26-/m1/s1. The number of hydrogen-bond donors (Lipinski definition) is 0. The van der Waals surface area contributed by atoms with Gasteiger partial charge >= 0.3 is 0 Å². The van der Waals surface area contributed by atoms with E-state index in [-0.39, 0.29) is 22.8 Å². The summed E-state index contributed by atoms with van der Waals surface area (Å²) in [6.07, 6.45) is -1.64. The van der Waals surface area contributed by atoms with Crippen LogP contribution in [0, 0.1) is 0 Å². The van der Waals surface area contributed by atoms with Gasteiger partial charge in [-0.2, -0.15) is 0 Å². The van der Waals surface area contributed by atoms with Crippen LogP contribution in [0.3, 0.4) is 0 Å². The first-order chi connectivity index (χ1) is 18.6. The van der Waals surface area contributed by atoms with Crippen LogP contribution in [0.4, 0.5) is 4.39 Å². The van der Waals surface area contributed by atoms with E-state index in [1.807, 2.05) is 0 Å². The summed E-state index contributed by atoms with van der Waals surface area (Å²) in [5.41, 5.74) is 0.851. The van der Waals surface area contributed by atoms with Crippen LogP contribution in [-0.2, 0) is 18.6 Å². The highest BCUT2D eigenvalue weighted by atomic mass is 35.5. The molecule has 0 unspecified atom stereocenters. The van der Waals surface area contributed by atoms with E-state index in [1.54, 1.807) is 36.7 Å². The Hall–Kier alpha value is -1.92. The predicted molar refractivity (Wildman–Crippen MR) is 153 cm³/mol. The zero-order valence-corrected chi connectivity index (χ0v) is 26.1. The summed E-state index contributed by atoms with van der Waals surface area (Å²) >= 11 is 12.5. The minimum absolute atomic E-state index is 0.0915. The van der Waals surface area contributed by atoms with E-state index in [0.717, 1.165) is 0 Å². The predicted octanol–water partition coefficient (Wildman–Crippen LogP) is 7.07. The first-order valence-electron chi connectivity index (χ1n) is 13.2. The van der Waals surface area contributed by atoms with E-state index in [4.69, 9.17) is 41.8 Å². The summed E-state index contributed by atoms with van der Waals surface area (Å²) in [5.74, 6) is -1.39. The van der Waals surface area contributed by atoms with E-state index in [2.05, 4.69) is 43.8 Å². The van der Waals surface area contributed by atoms with E-state index in [1.165, 1.54) is 18.5 Å². The number of carbonyl (C=O) groups is 1. The van der Waals surface area contributed by atoms with Crippen molar-refractivity contribution in [3.05, 3.63) is 58.1 Å². The van der Waals surface area contributed by atoms with Gasteiger partial charge in [0.05, 0.1) is 12.0 Å². The summed E-state index contributed by atoms with van der Waals surface area (Å²) in [5, 5.41) is 1.17. The Balaban J connectivity index is 1.47. The van der Waals surface area contributed by atoms with E-state index >= 15 is 4.39 Å². The molecule has 0 bridgehead atoms. The monoisotopic (exact) mass is 609 g/mol. The van der Waals surface area contributed by atoms with Gasteiger partial charge in [-0.15, -0.1) is 0 Å². The van der Waals surface area contributed by atoms with Gasteiger partial charge in [-0.05, 0) is 56.2 Å². The van der Waals surface area contributed by atoms with Crippen molar-refractivity contribution in [2.24, 2.45) is 0 Å². The third-order valence-electron chi connectivity index (χ3n) is 8.04. The summed E-state index contributed by atoms with van der Waals surface area (Å²) in [6, 6.07) is 6.35. The molecular formula is C28H34Cl2FN3O5Si. The van der Waals surface area contributed by atoms with Crippen molar-refractivity contribution in [3.8, 4) is 0 Å². The van der Waals surface area contributed by atoms with Gasteiger partial charge in [0.15, 0.2) is 32.2 Å². The van der Waals surface area contributed by atoms with Gasteiger partial charge in [-0.3, -0.25) is 4.79 Å². The molecule has 2 fully saturated rings. The van der Waals surface area contributed by atoms with Gasteiger partial charge < -0.3 is 23.2 Å². The molecule has 2 aliphatic heterocycles. The number of aromatic nitrogens is 3. The number of benzene rings is 1. The van der Waals surface area contributed by atoms with Crippen molar-refractivity contribution in [1.29, 1.82) is 0 Å². The number of carbonyl (C=O) groups excluding carboxylic acids is 1. The molecule has 2 aliphatic rings. The number of nitrogens with zero attached hydrogens (tertiary/aromatic N) is 3. The fraction of sp³-hybridized carbons (Fsp3) is 0.536. The molecule has 0 saturated carbocycles. The lowest BCUT2D eigenvalue weighted by molar-refractivity contribution is -0.190. The third-order valence-corrected chi connectivity index (χ3v) is 13.1. The summed E-state index contributed by atoms with van der Waals surface area (Å²) in [6.45, 7) is 13.7. The van der Waals surface area contributed by atoms with Crippen LogP contribution in [0.1, 0.15) is 62.9 Å². The van der Waals surface area contributed by atoms with Crippen molar-refractivity contribution < 1.29 is 27.8 Å². The van der Waals surface area contributed by atoms with Gasteiger partial charge in [0.25, 0.3) is 0 Å². The van der Waals surface area contributed by atoms with Gasteiger partial charge in [-0.25, -0.2) is 14.4 Å². The fourth-order valence-electron chi connectivity index (χ4n) is 4.92. The van der Waals surface area contributed by atoms with Crippen molar-refractivity contribution in [1.82, 2.24) is 14.5 Å². The van der Waals surface area contributed by atoms with E-state index in [9.17, 15) is 4.79 Å². The van der Waals surface area contributed by atoms with Crippen molar-refractivity contribution >= 4 is 48.3 Å². The van der Waals surface area contributed by atoms with Crippen molar-refractivity contribution in [3.63, 3.8) is 0 Å². The summed E-state index contributed by atoms with van der Waals surface area (Å²) in [4.78, 5) is 22.5. The smallest absolute Gasteiger partial charge is 0.194 e. The number of rotatable bonds is 7. The minimum atomic E-state index is -2.23. The normalized spacial score (nSPS) is 25.4. The molecule has 0 N–H and O–H groups in total. The Bertz CT molecular complexity index is 1440. The zero-order chi connectivity index (χ0) is 29.2. The van der Waals surface area contributed by atoms with Crippen molar-refractivity contribution in [2.75, 3.05) is 6.61 Å². The molecule has 4 heterocycles. The molecule has 3 aromatic rings. The Morgan fingerprint density at radius 3 is 2.58 bits per heavy atom.